The summed E-state index contributed by atoms with van der Waals surface area (Å²) >= 11 is 0. The van der Waals surface area contributed by atoms with Crippen molar-refractivity contribution in [2.45, 2.75) is 57.2 Å². The Bertz CT molecular complexity index is 315. The van der Waals surface area contributed by atoms with Crippen LogP contribution >= 0.6 is 12.4 Å². The van der Waals surface area contributed by atoms with Crippen molar-refractivity contribution in [2.24, 2.45) is 5.73 Å². The van der Waals surface area contributed by atoms with E-state index in [0.717, 1.165) is 38.5 Å². The minimum Gasteiger partial charge on any atom is -0.469 e. The first-order valence-corrected chi connectivity index (χ1v) is 7.37. The number of unbranched alkanes of at least 4 members (excludes halogenated alkanes) is 3. The molecule has 1 aliphatic rings. The fourth-order valence-corrected chi connectivity index (χ4v) is 2.25. The normalized spacial score (nSPS) is 20.7. The molecule has 3 N–H and O–H groups in total. The van der Waals surface area contributed by atoms with E-state index in [1.807, 2.05) is 0 Å². The second-order valence-corrected chi connectivity index (χ2v) is 5.09. The SMILES string of the molecule is COC(=O)CCCCCCNC(=O)[C@@H]1CC[C@H](CN)O1.Cl. The summed E-state index contributed by atoms with van der Waals surface area (Å²) in [4.78, 5) is 22.7. The van der Waals surface area contributed by atoms with Crippen molar-refractivity contribution in [3.8, 4) is 0 Å². The Morgan fingerprint density at radius 1 is 1.24 bits per heavy atom. The summed E-state index contributed by atoms with van der Waals surface area (Å²) in [5.74, 6) is -0.193. The summed E-state index contributed by atoms with van der Waals surface area (Å²) in [5.41, 5.74) is 5.51. The van der Waals surface area contributed by atoms with Crippen LogP contribution in [-0.2, 0) is 19.1 Å². The van der Waals surface area contributed by atoms with E-state index >= 15 is 0 Å². The van der Waals surface area contributed by atoms with Crippen LogP contribution in [0.4, 0.5) is 0 Å². The van der Waals surface area contributed by atoms with Gasteiger partial charge in [0, 0.05) is 19.5 Å². The van der Waals surface area contributed by atoms with Crippen LogP contribution in [0, 0.1) is 0 Å². The maximum Gasteiger partial charge on any atom is 0.305 e. The van der Waals surface area contributed by atoms with Gasteiger partial charge in [0.1, 0.15) is 6.10 Å². The fraction of sp³-hybridized carbons (Fsp3) is 0.857. The van der Waals surface area contributed by atoms with Crippen LogP contribution in [0.1, 0.15) is 44.9 Å². The van der Waals surface area contributed by atoms with E-state index in [1.165, 1.54) is 7.11 Å². The van der Waals surface area contributed by atoms with Gasteiger partial charge in [0.2, 0.25) is 5.91 Å². The number of methoxy groups -OCH3 is 1. The van der Waals surface area contributed by atoms with Gasteiger partial charge in [-0.25, -0.2) is 0 Å². The summed E-state index contributed by atoms with van der Waals surface area (Å²) in [5, 5.41) is 2.88. The molecule has 0 aliphatic carbocycles. The number of carbonyl (C=O) groups excluding carboxylic acids is 2. The van der Waals surface area contributed by atoms with E-state index in [-0.39, 0.29) is 36.5 Å². The number of esters is 1. The molecule has 6 nitrogen and oxygen atoms in total. The van der Waals surface area contributed by atoms with Gasteiger partial charge in [-0.3, -0.25) is 9.59 Å². The van der Waals surface area contributed by atoms with Gasteiger partial charge in [0.15, 0.2) is 0 Å². The molecule has 1 aliphatic heterocycles. The van der Waals surface area contributed by atoms with Crippen molar-refractivity contribution in [3.63, 3.8) is 0 Å². The highest BCUT2D eigenvalue weighted by molar-refractivity contribution is 5.85. The minimum atomic E-state index is -0.331. The zero-order chi connectivity index (χ0) is 14.8. The quantitative estimate of drug-likeness (QED) is 0.491. The maximum atomic E-state index is 11.8. The second-order valence-electron chi connectivity index (χ2n) is 5.09. The van der Waals surface area contributed by atoms with E-state index in [0.29, 0.717) is 19.5 Å². The molecule has 21 heavy (non-hydrogen) atoms. The third-order valence-corrected chi connectivity index (χ3v) is 3.50. The molecule has 1 heterocycles. The number of hydrogen-bond donors (Lipinski definition) is 2. The molecular formula is C14H27ClN2O4. The highest BCUT2D eigenvalue weighted by atomic mass is 35.5. The Kier molecular flexibility index (Phi) is 11.3. The van der Waals surface area contributed by atoms with Crippen LogP contribution in [0.3, 0.4) is 0 Å². The highest BCUT2D eigenvalue weighted by Crippen LogP contribution is 2.18. The van der Waals surface area contributed by atoms with Crippen LogP contribution < -0.4 is 11.1 Å². The van der Waals surface area contributed by atoms with Crippen LogP contribution in [0.2, 0.25) is 0 Å². The Morgan fingerprint density at radius 2 is 1.95 bits per heavy atom. The number of amides is 1. The molecule has 0 aromatic heterocycles. The average Bonchev–Trinajstić information content (AvgIpc) is 2.94. The fourth-order valence-electron chi connectivity index (χ4n) is 2.25. The predicted octanol–water partition coefficient (Wildman–Crippen LogP) is 1.15. The van der Waals surface area contributed by atoms with Crippen molar-refractivity contribution in [1.29, 1.82) is 0 Å². The molecule has 1 amide bonds. The zero-order valence-electron chi connectivity index (χ0n) is 12.6. The molecule has 0 spiro atoms. The van der Waals surface area contributed by atoms with Crippen LogP contribution in [0.15, 0.2) is 0 Å². The largest absolute Gasteiger partial charge is 0.469 e. The van der Waals surface area contributed by atoms with E-state index in [1.54, 1.807) is 0 Å². The van der Waals surface area contributed by atoms with Gasteiger partial charge >= 0.3 is 5.97 Å². The molecule has 0 saturated carbocycles. The van der Waals surface area contributed by atoms with Crippen LogP contribution in [0.25, 0.3) is 0 Å². The van der Waals surface area contributed by atoms with Crippen LogP contribution in [-0.4, -0.2) is 44.3 Å². The molecule has 0 unspecified atom stereocenters. The number of hydrogen-bond acceptors (Lipinski definition) is 5. The van der Waals surface area contributed by atoms with Gasteiger partial charge < -0.3 is 20.5 Å². The molecule has 0 bridgehead atoms. The van der Waals surface area contributed by atoms with Gasteiger partial charge in [-0.15, -0.1) is 12.4 Å². The second kappa shape index (κ2) is 11.8. The van der Waals surface area contributed by atoms with E-state index < -0.39 is 0 Å². The molecule has 124 valence electrons. The van der Waals surface area contributed by atoms with Gasteiger partial charge in [0.05, 0.1) is 13.2 Å². The summed E-state index contributed by atoms with van der Waals surface area (Å²) < 4.78 is 10.1. The summed E-state index contributed by atoms with van der Waals surface area (Å²) in [7, 11) is 1.40. The van der Waals surface area contributed by atoms with E-state index in [4.69, 9.17) is 10.5 Å². The van der Waals surface area contributed by atoms with Gasteiger partial charge in [-0.2, -0.15) is 0 Å². The van der Waals surface area contributed by atoms with Crippen molar-refractivity contribution in [3.05, 3.63) is 0 Å². The third-order valence-electron chi connectivity index (χ3n) is 3.50. The highest BCUT2D eigenvalue weighted by Gasteiger charge is 2.29. The standard InChI is InChI=1S/C14H26N2O4.ClH/c1-19-13(17)6-4-2-3-5-9-16-14(18)12-8-7-11(10-15)20-12;/h11-12H,2-10,15H2,1H3,(H,16,18);1H/t11-,12+;/m1./s1. The van der Waals surface area contributed by atoms with Gasteiger partial charge in [-0.1, -0.05) is 12.8 Å². The summed E-state index contributed by atoms with van der Waals surface area (Å²) in [6.45, 7) is 1.13. The monoisotopic (exact) mass is 322 g/mol. The lowest BCUT2D eigenvalue weighted by Gasteiger charge is -2.12. The first kappa shape index (κ1) is 20.1. The zero-order valence-corrected chi connectivity index (χ0v) is 13.5. The molecule has 0 aromatic rings. The number of rotatable bonds is 9. The van der Waals surface area contributed by atoms with Gasteiger partial charge in [0.25, 0.3) is 0 Å². The maximum absolute atomic E-state index is 11.8. The molecule has 0 aromatic carbocycles. The number of carbonyl (C=O) groups is 2. The Morgan fingerprint density at radius 3 is 2.57 bits per heavy atom. The van der Waals surface area contributed by atoms with Crippen molar-refractivity contribution < 1.29 is 19.1 Å². The Hall–Kier alpha value is -0.850. The topological polar surface area (TPSA) is 90.7 Å². The number of nitrogens with two attached hydrogens (primary N) is 1. The van der Waals surface area contributed by atoms with Crippen molar-refractivity contribution >= 4 is 24.3 Å². The van der Waals surface area contributed by atoms with E-state index in [9.17, 15) is 9.59 Å². The molecular weight excluding hydrogens is 296 g/mol. The summed E-state index contributed by atoms with van der Waals surface area (Å²) in [6.07, 6.45) is 5.51. The smallest absolute Gasteiger partial charge is 0.305 e. The molecule has 1 rings (SSSR count). The Labute approximate surface area is 132 Å². The first-order valence-electron chi connectivity index (χ1n) is 7.37. The lowest BCUT2D eigenvalue weighted by atomic mass is 10.1. The van der Waals surface area contributed by atoms with E-state index in [2.05, 4.69) is 10.1 Å². The molecule has 7 heteroatoms. The lowest BCUT2D eigenvalue weighted by Crippen LogP contribution is -2.36. The number of nitrogens with one attached hydrogen (secondary N) is 1. The van der Waals surface area contributed by atoms with Gasteiger partial charge in [-0.05, 0) is 25.7 Å². The Balaban J connectivity index is 0.00000400. The third kappa shape index (κ3) is 8.24. The lowest BCUT2D eigenvalue weighted by molar-refractivity contribution is -0.140. The summed E-state index contributed by atoms with van der Waals surface area (Å²) in [6, 6.07) is 0. The first-order chi connectivity index (χ1) is 9.67. The average molecular weight is 323 g/mol. The molecule has 2 atom stereocenters. The predicted molar refractivity (Wildman–Crippen MR) is 82.3 cm³/mol. The molecule has 0 radical (unpaired) electrons. The van der Waals surface area contributed by atoms with Crippen molar-refractivity contribution in [2.75, 3.05) is 20.2 Å². The minimum absolute atomic E-state index is 0. The number of halogens is 1. The van der Waals surface area contributed by atoms with Crippen molar-refractivity contribution in [1.82, 2.24) is 5.32 Å². The molecule has 1 saturated heterocycles. The number of ether oxygens (including phenoxy) is 2. The van der Waals surface area contributed by atoms with Crippen LogP contribution in [0.5, 0.6) is 0 Å². The molecule has 1 fully saturated rings.